The highest BCUT2D eigenvalue weighted by atomic mass is 35.5. The Balaban J connectivity index is 1.80. The molecule has 1 amide bonds. The van der Waals surface area contributed by atoms with Gasteiger partial charge in [-0.3, -0.25) is 4.79 Å². The molecule has 0 bridgehead atoms. The predicted octanol–water partition coefficient (Wildman–Crippen LogP) is 3.64. The van der Waals surface area contributed by atoms with Crippen molar-refractivity contribution in [3.8, 4) is 0 Å². The van der Waals surface area contributed by atoms with Crippen molar-refractivity contribution < 1.29 is 9.53 Å². The summed E-state index contributed by atoms with van der Waals surface area (Å²) in [5, 5.41) is 0.835. The number of nitrogens with zero attached hydrogens (tertiary/aromatic N) is 1. The number of aryl methyl sites for hydroxylation is 1. The molecule has 0 spiro atoms. The Morgan fingerprint density at radius 1 is 1.33 bits per heavy atom. The summed E-state index contributed by atoms with van der Waals surface area (Å²) < 4.78 is 5.26. The first-order valence-electron chi connectivity index (χ1n) is 7.72. The van der Waals surface area contributed by atoms with Gasteiger partial charge in [0, 0.05) is 24.5 Å². The van der Waals surface area contributed by atoms with E-state index in [9.17, 15) is 4.79 Å². The number of amides is 1. The molecule has 1 fully saturated rings. The summed E-state index contributed by atoms with van der Waals surface area (Å²) in [6.07, 6.45) is 2.37. The first-order valence-corrected chi connectivity index (χ1v) is 8.09. The normalized spacial score (nSPS) is 15.5. The first kappa shape index (κ1) is 16.3. The van der Waals surface area contributed by atoms with E-state index in [0.717, 1.165) is 31.0 Å². The van der Waals surface area contributed by atoms with E-state index in [1.165, 1.54) is 11.1 Å². The molecule has 1 aliphatic heterocycles. The molecule has 116 valence electrons. The van der Waals surface area contributed by atoms with Crippen molar-refractivity contribution in [1.82, 2.24) is 4.90 Å². The lowest BCUT2D eigenvalue weighted by molar-refractivity contribution is -0.135. The highest BCUT2D eigenvalue weighted by Gasteiger charge is 2.16. The molecule has 1 aromatic rings. The summed E-state index contributed by atoms with van der Waals surface area (Å²) in [5.41, 5.74) is 2.39. The predicted molar refractivity (Wildman–Crippen MR) is 85.9 cm³/mol. The average molecular weight is 310 g/mol. The van der Waals surface area contributed by atoms with Gasteiger partial charge in [-0.05, 0) is 36.0 Å². The van der Waals surface area contributed by atoms with Crippen LogP contribution in [-0.4, -0.2) is 37.1 Å². The van der Waals surface area contributed by atoms with Crippen molar-refractivity contribution in [3.05, 3.63) is 34.3 Å². The molecule has 0 aliphatic carbocycles. The lowest BCUT2D eigenvalue weighted by Gasteiger charge is -2.26. The zero-order chi connectivity index (χ0) is 15.2. The van der Waals surface area contributed by atoms with Gasteiger partial charge in [-0.25, -0.2) is 0 Å². The third-order valence-corrected chi connectivity index (χ3v) is 4.23. The van der Waals surface area contributed by atoms with Crippen molar-refractivity contribution in [2.45, 2.75) is 39.0 Å². The second-order valence-electron chi connectivity index (χ2n) is 5.86. The molecule has 0 N–H and O–H groups in total. The summed E-state index contributed by atoms with van der Waals surface area (Å²) in [4.78, 5) is 13.9. The van der Waals surface area contributed by atoms with Crippen LogP contribution in [0.25, 0.3) is 0 Å². The van der Waals surface area contributed by atoms with Crippen LogP contribution in [0.5, 0.6) is 0 Å². The molecule has 0 atom stereocenters. The van der Waals surface area contributed by atoms with E-state index in [0.29, 0.717) is 25.6 Å². The van der Waals surface area contributed by atoms with E-state index in [1.54, 1.807) is 0 Å². The molecule has 1 saturated heterocycles. The Kier molecular flexibility index (Phi) is 6.07. The number of morpholine rings is 1. The van der Waals surface area contributed by atoms with E-state index >= 15 is 0 Å². The summed E-state index contributed by atoms with van der Waals surface area (Å²) in [6.45, 7) is 7.07. The van der Waals surface area contributed by atoms with Gasteiger partial charge < -0.3 is 9.64 Å². The van der Waals surface area contributed by atoms with Gasteiger partial charge in [0.2, 0.25) is 5.91 Å². The zero-order valence-electron chi connectivity index (χ0n) is 12.9. The number of halogens is 1. The smallest absolute Gasteiger partial charge is 0.222 e. The Bertz CT molecular complexity index is 482. The summed E-state index contributed by atoms with van der Waals surface area (Å²) in [5.74, 6) is 0.678. The highest BCUT2D eigenvalue weighted by Crippen LogP contribution is 2.25. The maximum atomic E-state index is 12.0. The van der Waals surface area contributed by atoms with Gasteiger partial charge >= 0.3 is 0 Å². The second-order valence-corrected chi connectivity index (χ2v) is 6.26. The van der Waals surface area contributed by atoms with Crippen LogP contribution in [-0.2, 0) is 16.0 Å². The van der Waals surface area contributed by atoms with Crippen LogP contribution in [0.1, 0.15) is 43.7 Å². The third kappa shape index (κ3) is 4.72. The zero-order valence-corrected chi connectivity index (χ0v) is 13.7. The lowest BCUT2D eigenvalue weighted by Crippen LogP contribution is -2.40. The summed E-state index contributed by atoms with van der Waals surface area (Å²) in [6, 6.07) is 6.27. The van der Waals surface area contributed by atoms with Gasteiger partial charge in [-0.2, -0.15) is 0 Å². The van der Waals surface area contributed by atoms with Gasteiger partial charge in [-0.1, -0.05) is 37.6 Å². The van der Waals surface area contributed by atoms with E-state index in [2.05, 4.69) is 26.0 Å². The van der Waals surface area contributed by atoms with Crippen LogP contribution >= 0.6 is 11.6 Å². The quantitative estimate of drug-likeness (QED) is 0.831. The molecule has 21 heavy (non-hydrogen) atoms. The van der Waals surface area contributed by atoms with Gasteiger partial charge in [0.05, 0.1) is 13.2 Å². The van der Waals surface area contributed by atoms with Gasteiger partial charge in [0.25, 0.3) is 0 Å². The van der Waals surface area contributed by atoms with Crippen molar-refractivity contribution in [3.63, 3.8) is 0 Å². The van der Waals surface area contributed by atoms with Crippen LogP contribution in [0.3, 0.4) is 0 Å². The monoisotopic (exact) mass is 309 g/mol. The van der Waals surface area contributed by atoms with E-state index in [1.807, 2.05) is 11.0 Å². The largest absolute Gasteiger partial charge is 0.378 e. The molecule has 1 heterocycles. The third-order valence-electron chi connectivity index (χ3n) is 3.91. The fraction of sp³-hybridized carbons (Fsp3) is 0.588. The maximum absolute atomic E-state index is 12.0. The first-order chi connectivity index (χ1) is 10.1. The van der Waals surface area contributed by atoms with Crippen molar-refractivity contribution in [2.24, 2.45) is 0 Å². The number of ether oxygens (including phenoxy) is 1. The number of rotatable bonds is 5. The number of benzene rings is 1. The molecule has 1 aromatic carbocycles. The van der Waals surface area contributed by atoms with E-state index in [-0.39, 0.29) is 5.91 Å². The average Bonchev–Trinajstić information content (AvgIpc) is 2.47. The standard InChI is InChI=1S/C17H24ClNO2/c1-13(2)15-7-6-14(12-16(15)18)4-3-5-17(20)19-8-10-21-11-9-19/h6-7,12-13H,3-5,8-11H2,1-2H3. The van der Waals surface area contributed by atoms with Gasteiger partial charge in [0.15, 0.2) is 0 Å². The molecule has 3 nitrogen and oxygen atoms in total. The van der Waals surface area contributed by atoms with Gasteiger partial charge in [0.1, 0.15) is 0 Å². The molecule has 2 rings (SSSR count). The minimum absolute atomic E-state index is 0.239. The minimum Gasteiger partial charge on any atom is -0.378 e. The second kappa shape index (κ2) is 7.81. The number of hydrogen-bond acceptors (Lipinski definition) is 2. The minimum atomic E-state index is 0.239. The van der Waals surface area contributed by atoms with Crippen LogP contribution in [0, 0.1) is 0 Å². The molecule has 1 aliphatic rings. The Morgan fingerprint density at radius 2 is 2.05 bits per heavy atom. The van der Waals surface area contributed by atoms with Crippen molar-refractivity contribution in [2.75, 3.05) is 26.3 Å². The highest BCUT2D eigenvalue weighted by molar-refractivity contribution is 6.31. The van der Waals surface area contributed by atoms with Crippen molar-refractivity contribution >= 4 is 17.5 Å². The number of hydrogen-bond donors (Lipinski definition) is 0. The Labute approximate surface area is 132 Å². The molecule has 0 radical (unpaired) electrons. The van der Waals surface area contributed by atoms with Crippen LogP contribution < -0.4 is 0 Å². The maximum Gasteiger partial charge on any atom is 0.222 e. The number of carbonyl (C=O) groups excluding carboxylic acids is 1. The Hall–Kier alpha value is -1.06. The Morgan fingerprint density at radius 3 is 2.67 bits per heavy atom. The van der Waals surface area contributed by atoms with Crippen LogP contribution in [0.15, 0.2) is 18.2 Å². The molecule has 0 aromatic heterocycles. The SMILES string of the molecule is CC(C)c1ccc(CCCC(=O)N2CCOCC2)cc1Cl. The summed E-state index contributed by atoms with van der Waals surface area (Å²) >= 11 is 6.30. The van der Waals surface area contributed by atoms with E-state index in [4.69, 9.17) is 16.3 Å². The van der Waals surface area contributed by atoms with Crippen LogP contribution in [0.2, 0.25) is 5.02 Å². The fourth-order valence-corrected chi connectivity index (χ4v) is 3.03. The van der Waals surface area contributed by atoms with Crippen LogP contribution in [0.4, 0.5) is 0 Å². The molecular formula is C17H24ClNO2. The molecular weight excluding hydrogens is 286 g/mol. The van der Waals surface area contributed by atoms with Gasteiger partial charge in [-0.15, -0.1) is 0 Å². The number of carbonyl (C=O) groups is 1. The van der Waals surface area contributed by atoms with E-state index < -0.39 is 0 Å². The molecule has 4 heteroatoms. The topological polar surface area (TPSA) is 29.5 Å². The molecule has 0 saturated carbocycles. The fourth-order valence-electron chi connectivity index (χ4n) is 2.61. The molecule has 0 unspecified atom stereocenters. The summed E-state index contributed by atoms with van der Waals surface area (Å²) in [7, 11) is 0. The lowest BCUT2D eigenvalue weighted by atomic mass is 9.99. The van der Waals surface area contributed by atoms with Crippen molar-refractivity contribution in [1.29, 1.82) is 0 Å².